The molecule has 1 atom stereocenters. The van der Waals surface area contributed by atoms with E-state index in [1.807, 2.05) is 13.8 Å². The van der Waals surface area contributed by atoms with E-state index in [-0.39, 0.29) is 42.6 Å². The lowest BCUT2D eigenvalue weighted by molar-refractivity contribution is -0.383. The average Bonchev–Trinajstić information content (AvgIpc) is 2.40. The summed E-state index contributed by atoms with van der Waals surface area (Å²) in [6, 6.07) is 3.15. The predicted octanol–water partition coefficient (Wildman–Crippen LogP) is 2.38. The Labute approximate surface area is 129 Å². The highest BCUT2D eigenvalue weighted by atomic mass is 35.5. The highest BCUT2D eigenvalue weighted by molar-refractivity contribution is 5.85. The van der Waals surface area contributed by atoms with Crippen LogP contribution in [0.2, 0.25) is 0 Å². The van der Waals surface area contributed by atoms with Crippen LogP contribution in [-0.4, -0.2) is 28.4 Å². The van der Waals surface area contributed by atoms with Gasteiger partial charge in [0.15, 0.2) is 0 Å². The number of nitro benzene ring substituents is 1. The number of halogens is 1. The van der Waals surface area contributed by atoms with Crippen LogP contribution in [0.4, 0.5) is 17.1 Å². The normalized spacial score (nSPS) is 11.6. The number of rotatable bonds is 7. The molecule has 0 aliphatic heterocycles. The van der Waals surface area contributed by atoms with Crippen LogP contribution < -0.4 is 10.8 Å². The Morgan fingerprint density at radius 1 is 1.48 bits per heavy atom. The van der Waals surface area contributed by atoms with Crippen molar-refractivity contribution in [3.05, 3.63) is 27.8 Å². The van der Waals surface area contributed by atoms with Gasteiger partial charge < -0.3 is 10.8 Å². The molecule has 4 N–H and O–H groups in total. The molecule has 0 aromatic heterocycles. The van der Waals surface area contributed by atoms with Crippen molar-refractivity contribution < 1.29 is 15.2 Å². The van der Waals surface area contributed by atoms with E-state index in [1.165, 1.54) is 6.07 Å². The van der Waals surface area contributed by atoms with Gasteiger partial charge in [0, 0.05) is 0 Å². The van der Waals surface area contributed by atoms with E-state index in [0.717, 1.165) is 6.42 Å². The minimum absolute atomic E-state index is 0. The van der Waals surface area contributed by atoms with Gasteiger partial charge in [-0.3, -0.25) is 15.3 Å². The third-order valence-electron chi connectivity index (χ3n) is 3.32. The Bertz CT molecular complexity index is 485. The second kappa shape index (κ2) is 8.66. The van der Waals surface area contributed by atoms with E-state index in [4.69, 9.17) is 10.8 Å². The Hall–Kier alpha value is -1.57. The van der Waals surface area contributed by atoms with E-state index in [9.17, 15) is 15.3 Å². The lowest BCUT2D eigenvalue weighted by Gasteiger charge is -2.18. The van der Waals surface area contributed by atoms with Gasteiger partial charge in [-0.25, -0.2) is 5.06 Å². The Kier molecular flexibility index (Phi) is 8.01. The summed E-state index contributed by atoms with van der Waals surface area (Å²) in [5.74, 6) is 0.366. The number of nitro groups is 1. The zero-order valence-electron chi connectivity index (χ0n) is 12.2. The summed E-state index contributed by atoms with van der Waals surface area (Å²) in [6.07, 6.45) is 1.60. The van der Waals surface area contributed by atoms with Gasteiger partial charge >= 0.3 is 5.69 Å². The summed E-state index contributed by atoms with van der Waals surface area (Å²) in [4.78, 5) is 10.6. The van der Waals surface area contributed by atoms with E-state index in [0.29, 0.717) is 23.0 Å². The highest BCUT2D eigenvalue weighted by Gasteiger charge is 2.24. The molecule has 1 rings (SSSR count). The van der Waals surface area contributed by atoms with Gasteiger partial charge in [-0.05, 0) is 24.0 Å². The van der Waals surface area contributed by atoms with Crippen molar-refractivity contribution in [1.82, 2.24) is 0 Å². The second-order valence-corrected chi connectivity index (χ2v) is 4.83. The molecule has 0 spiro atoms. The third-order valence-corrected chi connectivity index (χ3v) is 3.32. The van der Waals surface area contributed by atoms with E-state index in [1.54, 1.807) is 6.07 Å². The highest BCUT2D eigenvalue weighted by Crippen LogP contribution is 2.36. The number of hydroxylamine groups is 1. The maximum atomic E-state index is 11.2. The Morgan fingerprint density at radius 3 is 2.57 bits per heavy atom. The van der Waals surface area contributed by atoms with Crippen LogP contribution in [0.5, 0.6) is 0 Å². The number of aliphatic hydroxyl groups is 1. The first kappa shape index (κ1) is 19.4. The Morgan fingerprint density at radius 2 is 2.10 bits per heavy atom. The van der Waals surface area contributed by atoms with Gasteiger partial charge in [-0.2, -0.15) is 0 Å². The van der Waals surface area contributed by atoms with Crippen LogP contribution in [0.1, 0.15) is 25.8 Å². The van der Waals surface area contributed by atoms with E-state index >= 15 is 0 Å². The molecule has 1 aromatic carbocycles. The standard InChI is InChI=1S/C13H21N3O4.ClH/c1-3-9(2)8-10-4-5-11(15(18)6-7-17)13(12(10)14)16(19)20;/h4-5,9,17-18H,3,6-8,14H2,1-2H3;1H. The Balaban J connectivity index is 0.00000400. The first-order valence-corrected chi connectivity index (χ1v) is 6.55. The molecule has 0 saturated heterocycles. The predicted molar refractivity (Wildman–Crippen MR) is 84.1 cm³/mol. The largest absolute Gasteiger partial charge is 0.394 e. The number of hydrogen-bond donors (Lipinski definition) is 3. The van der Waals surface area contributed by atoms with Crippen LogP contribution in [-0.2, 0) is 6.42 Å². The minimum atomic E-state index is -0.606. The maximum Gasteiger partial charge on any atom is 0.317 e. The number of benzene rings is 1. The molecule has 0 aliphatic rings. The molecule has 0 radical (unpaired) electrons. The second-order valence-electron chi connectivity index (χ2n) is 4.83. The van der Waals surface area contributed by atoms with Crippen LogP contribution in [0.15, 0.2) is 12.1 Å². The molecule has 0 bridgehead atoms. The zero-order valence-corrected chi connectivity index (χ0v) is 13.0. The monoisotopic (exact) mass is 319 g/mol. The maximum absolute atomic E-state index is 11.2. The number of nitrogens with zero attached hydrogens (tertiary/aromatic N) is 2. The van der Waals surface area contributed by atoms with Crippen molar-refractivity contribution in [3.63, 3.8) is 0 Å². The van der Waals surface area contributed by atoms with Crippen molar-refractivity contribution in [1.29, 1.82) is 0 Å². The fourth-order valence-electron chi connectivity index (χ4n) is 1.95. The molecule has 1 unspecified atom stereocenters. The van der Waals surface area contributed by atoms with Crippen molar-refractivity contribution in [2.75, 3.05) is 23.9 Å². The molecular weight excluding hydrogens is 298 g/mol. The molecule has 0 aliphatic carbocycles. The fraction of sp³-hybridized carbons (Fsp3) is 0.538. The number of nitrogens with two attached hydrogens (primary N) is 1. The van der Waals surface area contributed by atoms with Gasteiger partial charge in [0.2, 0.25) is 0 Å². The molecule has 0 heterocycles. The smallest absolute Gasteiger partial charge is 0.317 e. The summed E-state index contributed by atoms with van der Waals surface area (Å²) in [5.41, 5.74) is 6.33. The number of hydrogen-bond acceptors (Lipinski definition) is 6. The van der Waals surface area contributed by atoms with Gasteiger partial charge in [0.05, 0.1) is 18.1 Å². The number of anilines is 2. The van der Waals surface area contributed by atoms with E-state index < -0.39 is 4.92 Å². The number of nitrogen functional groups attached to an aromatic ring is 1. The van der Waals surface area contributed by atoms with Gasteiger partial charge in [0.1, 0.15) is 11.4 Å². The molecule has 120 valence electrons. The zero-order chi connectivity index (χ0) is 15.3. The minimum Gasteiger partial charge on any atom is -0.394 e. The van der Waals surface area contributed by atoms with Crippen LogP contribution in [0, 0.1) is 16.0 Å². The summed E-state index contributed by atoms with van der Waals surface area (Å²) < 4.78 is 0. The van der Waals surface area contributed by atoms with Crippen LogP contribution in [0.25, 0.3) is 0 Å². The number of aliphatic hydroxyl groups excluding tert-OH is 1. The van der Waals surface area contributed by atoms with Gasteiger partial charge in [-0.15, -0.1) is 12.4 Å². The molecule has 1 aromatic rings. The average molecular weight is 320 g/mol. The molecule has 0 saturated carbocycles. The summed E-state index contributed by atoms with van der Waals surface area (Å²) in [7, 11) is 0. The molecular formula is C13H22ClN3O4. The fourth-order valence-corrected chi connectivity index (χ4v) is 1.95. The van der Waals surface area contributed by atoms with Crippen molar-refractivity contribution in [3.8, 4) is 0 Å². The lowest BCUT2D eigenvalue weighted by atomic mass is 9.96. The first-order valence-electron chi connectivity index (χ1n) is 6.55. The molecule has 8 heteroatoms. The molecule has 0 fully saturated rings. The quantitative estimate of drug-likeness (QED) is 0.404. The molecule has 7 nitrogen and oxygen atoms in total. The van der Waals surface area contributed by atoms with Crippen molar-refractivity contribution in [2.24, 2.45) is 5.92 Å². The molecule has 0 amide bonds. The summed E-state index contributed by atoms with van der Waals surface area (Å²) in [6.45, 7) is 3.65. The SMILES string of the molecule is CCC(C)Cc1ccc(N(O)CCO)c([N+](=O)[O-])c1N.Cl. The van der Waals surface area contributed by atoms with Crippen molar-refractivity contribution in [2.45, 2.75) is 26.7 Å². The van der Waals surface area contributed by atoms with E-state index in [2.05, 4.69) is 0 Å². The van der Waals surface area contributed by atoms with Gasteiger partial charge in [-0.1, -0.05) is 26.3 Å². The third kappa shape index (κ3) is 4.73. The van der Waals surface area contributed by atoms with Gasteiger partial charge in [0.25, 0.3) is 0 Å². The van der Waals surface area contributed by atoms with Crippen LogP contribution in [0.3, 0.4) is 0 Å². The lowest BCUT2D eigenvalue weighted by Crippen LogP contribution is -2.23. The summed E-state index contributed by atoms with van der Waals surface area (Å²) in [5, 5.41) is 30.3. The van der Waals surface area contributed by atoms with Crippen LogP contribution >= 0.6 is 12.4 Å². The molecule has 21 heavy (non-hydrogen) atoms. The topological polar surface area (TPSA) is 113 Å². The van der Waals surface area contributed by atoms with Crippen molar-refractivity contribution >= 4 is 29.5 Å². The summed E-state index contributed by atoms with van der Waals surface area (Å²) >= 11 is 0. The first-order chi connectivity index (χ1) is 9.42.